The van der Waals surface area contributed by atoms with Crippen LogP contribution in [0.3, 0.4) is 0 Å². The van der Waals surface area contributed by atoms with Crippen LogP contribution in [0.2, 0.25) is 0 Å². The van der Waals surface area contributed by atoms with Gasteiger partial charge >= 0.3 is 0 Å². The zero-order chi connectivity index (χ0) is 15.9. The van der Waals surface area contributed by atoms with Gasteiger partial charge in [-0.2, -0.15) is 0 Å². The lowest BCUT2D eigenvalue weighted by Gasteiger charge is -2.20. The van der Waals surface area contributed by atoms with Gasteiger partial charge in [0, 0.05) is 24.2 Å². The smallest absolute Gasteiger partial charge is 0.273 e. The zero-order valence-corrected chi connectivity index (χ0v) is 14.1. The van der Waals surface area contributed by atoms with Gasteiger partial charge in [-0.3, -0.25) is 4.79 Å². The van der Waals surface area contributed by atoms with Gasteiger partial charge < -0.3 is 10.2 Å². The van der Waals surface area contributed by atoms with Crippen LogP contribution >= 0.6 is 11.3 Å². The second-order valence-electron chi connectivity index (χ2n) is 5.12. The van der Waals surface area contributed by atoms with Crippen LogP contribution in [-0.4, -0.2) is 33.9 Å². The number of hydrogen-bond acceptors (Lipinski definition) is 5. The van der Waals surface area contributed by atoms with Crippen LogP contribution in [0.4, 0.5) is 10.9 Å². The Balaban J connectivity index is 2.08. The van der Waals surface area contributed by atoms with Crippen LogP contribution in [0.1, 0.15) is 42.9 Å². The number of hydrogen-bond donors (Lipinski definition) is 1. The first-order valence-corrected chi connectivity index (χ1v) is 8.47. The van der Waals surface area contributed by atoms with E-state index >= 15 is 0 Å². The van der Waals surface area contributed by atoms with E-state index in [1.807, 2.05) is 30.0 Å². The van der Waals surface area contributed by atoms with E-state index in [1.165, 1.54) is 11.3 Å². The molecule has 2 heterocycles. The monoisotopic (exact) mass is 318 g/mol. The first kappa shape index (κ1) is 16.4. The molecule has 0 aliphatic heterocycles. The number of amides is 1. The summed E-state index contributed by atoms with van der Waals surface area (Å²) in [5.41, 5.74) is 1.44. The van der Waals surface area contributed by atoms with Crippen molar-refractivity contribution in [2.24, 2.45) is 0 Å². The SMILES string of the molecule is CCCN(CCC)C(=O)c1csc(Nc2cccc(C)n2)n1. The number of aromatic nitrogens is 2. The predicted molar refractivity (Wildman–Crippen MR) is 90.9 cm³/mol. The van der Waals surface area contributed by atoms with Gasteiger partial charge in [-0.1, -0.05) is 19.9 Å². The largest absolute Gasteiger partial charge is 0.337 e. The first-order valence-electron chi connectivity index (χ1n) is 7.59. The third-order valence-corrected chi connectivity index (χ3v) is 3.88. The molecule has 22 heavy (non-hydrogen) atoms. The second kappa shape index (κ2) is 7.89. The molecule has 0 bridgehead atoms. The van der Waals surface area contributed by atoms with Gasteiger partial charge in [-0.15, -0.1) is 11.3 Å². The first-order chi connectivity index (χ1) is 10.6. The molecule has 0 aliphatic carbocycles. The Hall–Kier alpha value is -1.95. The molecular formula is C16H22N4OS. The molecule has 5 nitrogen and oxygen atoms in total. The Morgan fingerprint density at radius 3 is 2.59 bits per heavy atom. The maximum Gasteiger partial charge on any atom is 0.273 e. The summed E-state index contributed by atoms with van der Waals surface area (Å²) < 4.78 is 0. The fourth-order valence-corrected chi connectivity index (χ4v) is 2.86. The highest BCUT2D eigenvalue weighted by Crippen LogP contribution is 2.21. The van der Waals surface area contributed by atoms with E-state index in [-0.39, 0.29) is 5.91 Å². The topological polar surface area (TPSA) is 58.1 Å². The Kier molecular flexibility index (Phi) is 5.89. The number of nitrogens with zero attached hydrogens (tertiary/aromatic N) is 3. The molecule has 0 saturated carbocycles. The van der Waals surface area contributed by atoms with Crippen LogP contribution in [0.25, 0.3) is 0 Å². The maximum absolute atomic E-state index is 12.5. The van der Waals surface area contributed by atoms with Gasteiger partial charge in [0.15, 0.2) is 5.13 Å². The summed E-state index contributed by atoms with van der Waals surface area (Å²) in [7, 11) is 0. The molecule has 2 aromatic rings. The molecular weight excluding hydrogens is 296 g/mol. The summed E-state index contributed by atoms with van der Waals surface area (Å²) >= 11 is 1.42. The van der Waals surface area contributed by atoms with Crippen molar-refractivity contribution in [3.8, 4) is 0 Å². The highest BCUT2D eigenvalue weighted by molar-refractivity contribution is 7.14. The summed E-state index contributed by atoms with van der Waals surface area (Å²) in [6.45, 7) is 7.63. The number of thiazole rings is 1. The van der Waals surface area contributed by atoms with Crippen molar-refractivity contribution >= 4 is 28.2 Å². The number of carbonyl (C=O) groups excluding carboxylic acids is 1. The maximum atomic E-state index is 12.5. The van der Waals surface area contributed by atoms with Crippen LogP contribution < -0.4 is 5.32 Å². The van der Waals surface area contributed by atoms with Crippen LogP contribution in [0.5, 0.6) is 0 Å². The molecule has 0 unspecified atom stereocenters. The van der Waals surface area contributed by atoms with Crippen molar-refractivity contribution in [1.82, 2.24) is 14.9 Å². The van der Waals surface area contributed by atoms with E-state index in [0.717, 1.165) is 37.4 Å². The standard InChI is InChI=1S/C16H22N4OS/c1-4-9-20(10-5-2)15(21)13-11-22-16(18-13)19-14-8-6-7-12(3)17-14/h6-8,11H,4-5,9-10H2,1-3H3,(H,17,18,19). The molecule has 2 rings (SSSR count). The minimum absolute atomic E-state index is 0.00482. The molecule has 0 aliphatic rings. The lowest BCUT2D eigenvalue weighted by atomic mass is 10.3. The fourth-order valence-electron chi connectivity index (χ4n) is 2.17. The average molecular weight is 318 g/mol. The van der Waals surface area contributed by atoms with Gasteiger partial charge in [0.1, 0.15) is 11.5 Å². The highest BCUT2D eigenvalue weighted by Gasteiger charge is 2.17. The quantitative estimate of drug-likeness (QED) is 0.842. The summed E-state index contributed by atoms with van der Waals surface area (Å²) in [5, 5.41) is 5.64. The number of rotatable bonds is 7. The van der Waals surface area contributed by atoms with E-state index in [1.54, 1.807) is 5.38 Å². The second-order valence-corrected chi connectivity index (χ2v) is 5.98. The molecule has 1 amide bonds. The number of aryl methyl sites for hydroxylation is 1. The normalized spacial score (nSPS) is 10.5. The zero-order valence-electron chi connectivity index (χ0n) is 13.3. The molecule has 0 fully saturated rings. The fraction of sp³-hybridized carbons (Fsp3) is 0.438. The van der Waals surface area contributed by atoms with Gasteiger partial charge in [-0.25, -0.2) is 9.97 Å². The van der Waals surface area contributed by atoms with Crippen LogP contribution in [0, 0.1) is 6.92 Å². The van der Waals surface area contributed by atoms with Gasteiger partial charge in [-0.05, 0) is 31.9 Å². The van der Waals surface area contributed by atoms with E-state index in [2.05, 4.69) is 29.1 Å². The highest BCUT2D eigenvalue weighted by atomic mass is 32.1. The van der Waals surface area contributed by atoms with Crippen molar-refractivity contribution in [2.45, 2.75) is 33.6 Å². The van der Waals surface area contributed by atoms with E-state index in [0.29, 0.717) is 10.8 Å². The van der Waals surface area contributed by atoms with Crippen molar-refractivity contribution in [1.29, 1.82) is 0 Å². The minimum atomic E-state index is 0.00482. The number of nitrogens with one attached hydrogen (secondary N) is 1. The Morgan fingerprint density at radius 1 is 1.23 bits per heavy atom. The van der Waals surface area contributed by atoms with Crippen molar-refractivity contribution < 1.29 is 4.79 Å². The van der Waals surface area contributed by atoms with Gasteiger partial charge in [0.2, 0.25) is 0 Å². The molecule has 0 spiro atoms. The van der Waals surface area contributed by atoms with Gasteiger partial charge in [0.05, 0.1) is 0 Å². The van der Waals surface area contributed by atoms with Crippen molar-refractivity contribution in [2.75, 3.05) is 18.4 Å². The van der Waals surface area contributed by atoms with Crippen LogP contribution in [-0.2, 0) is 0 Å². The number of anilines is 2. The van der Waals surface area contributed by atoms with E-state index < -0.39 is 0 Å². The summed E-state index contributed by atoms with van der Waals surface area (Å²) in [4.78, 5) is 23.1. The lowest BCUT2D eigenvalue weighted by molar-refractivity contribution is 0.0750. The average Bonchev–Trinajstić information content (AvgIpc) is 2.95. The molecule has 0 atom stereocenters. The predicted octanol–water partition coefficient (Wildman–Crippen LogP) is 3.85. The third-order valence-electron chi connectivity index (χ3n) is 3.12. The van der Waals surface area contributed by atoms with E-state index in [4.69, 9.17) is 0 Å². The third kappa shape index (κ3) is 4.27. The summed E-state index contributed by atoms with van der Waals surface area (Å²) in [5.74, 6) is 0.748. The Labute approximate surface area is 135 Å². The number of carbonyl (C=O) groups is 1. The lowest BCUT2D eigenvalue weighted by Crippen LogP contribution is -2.32. The summed E-state index contributed by atoms with van der Waals surface area (Å²) in [6.07, 6.45) is 1.91. The summed E-state index contributed by atoms with van der Waals surface area (Å²) in [6, 6.07) is 5.76. The molecule has 0 saturated heterocycles. The molecule has 1 N–H and O–H groups in total. The van der Waals surface area contributed by atoms with Crippen molar-refractivity contribution in [3.63, 3.8) is 0 Å². The van der Waals surface area contributed by atoms with Gasteiger partial charge in [0.25, 0.3) is 5.91 Å². The van der Waals surface area contributed by atoms with Crippen molar-refractivity contribution in [3.05, 3.63) is 35.0 Å². The molecule has 118 valence electrons. The molecule has 0 radical (unpaired) electrons. The molecule has 2 aromatic heterocycles. The molecule has 6 heteroatoms. The molecule has 0 aromatic carbocycles. The van der Waals surface area contributed by atoms with E-state index in [9.17, 15) is 4.79 Å². The minimum Gasteiger partial charge on any atom is -0.337 e. The Morgan fingerprint density at radius 2 is 1.95 bits per heavy atom. The Bertz CT molecular complexity index is 620. The number of pyridine rings is 1. The van der Waals surface area contributed by atoms with Crippen LogP contribution in [0.15, 0.2) is 23.6 Å².